The summed E-state index contributed by atoms with van der Waals surface area (Å²) in [5.74, 6) is 0.596. The molecule has 0 aromatic rings. The predicted octanol–water partition coefficient (Wildman–Crippen LogP) is 0.944. The second-order valence-electron chi connectivity index (χ2n) is 7.19. The van der Waals surface area contributed by atoms with Crippen LogP contribution in [0.1, 0.15) is 32.6 Å². The van der Waals surface area contributed by atoms with E-state index in [2.05, 4.69) is 29.2 Å². The summed E-state index contributed by atoms with van der Waals surface area (Å²) in [6.07, 6.45) is 4.86. The Morgan fingerprint density at radius 3 is 2.48 bits per heavy atom. The van der Waals surface area contributed by atoms with Gasteiger partial charge in [-0.05, 0) is 65.7 Å². The van der Waals surface area contributed by atoms with E-state index in [1.807, 2.05) is 6.92 Å². The summed E-state index contributed by atoms with van der Waals surface area (Å²) in [6.45, 7) is 6.12. The number of likely N-dealkylation sites (tertiary alicyclic amines) is 1. The molecule has 2 rings (SSSR count). The van der Waals surface area contributed by atoms with Gasteiger partial charge in [-0.2, -0.15) is 0 Å². The van der Waals surface area contributed by atoms with Crippen LogP contribution >= 0.6 is 0 Å². The predicted molar refractivity (Wildman–Crippen MR) is 84.3 cm³/mol. The molecule has 2 aliphatic rings. The van der Waals surface area contributed by atoms with Gasteiger partial charge >= 0.3 is 5.97 Å². The van der Waals surface area contributed by atoms with Gasteiger partial charge in [0.25, 0.3) is 0 Å². The van der Waals surface area contributed by atoms with Crippen LogP contribution in [0.25, 0.3) is 0 Å². The van der Waals surface area contributed by atoms with E-state index < -0.39 is 5.54 Å². The summed E-state index contributed by atoms with van der Waals surface area (Å²) < 4.78 is 5.01. The summed E-state index contributed by atoms with van der Waals surface area (Å²) in [7, 11) is 5.79. The SMILES string of the molecule is COC(=O)C(C)(CN(C)CC1CCN(C)CC1)NC1CC1. The highest BCUT2D eigenvalue weighted by Crippen LogP contribution is 2.24. The fourth-order valence-corrected chi connectivity index (χ4v) is 3.36. The minimum atomic E-state index is -0.587. The fourth-order valence-electron chi connectivity index (χ4n) is 3.36. The number of carbonyl (C=O) groups excluding carboxylic acids is 1. The van der Waals surface area contributed by atoms with Gasteiger partial charge in [-0.1, -0.05) is 0 Å². The van der Waals surface area contributed by atoms with E-state index in [-0.39, 0.29) is 5.97 Å². The van der Waals surface area contributed by atoms with Gasteiger partial charge in [0.2, 0.25) is 0 Å². The first-order chi connectivity index (χ1) is 9.93. The van der Waals surface area contributed by atoms with Gasteiger partial charge in [-0.3, -0.25) is 10.1 Å². The molecule has 1 unspecified atom stereocenters. The van der Waals surface area contributed by atoms with E-state index in [0.29, 0.717) is 12.6 Å². The van der Waals surface area contributed by atoms with Crippen molar-refractivity contribution >= 4 is 5.97 Å². The lowest BCUT2D eigenvalue weighted by Gasteiger charge is -2.36. The summed E-state index contributed by atoms with van der Waals surface area (Å²) in [5, 5.41) is 3.47. The van der Waals surface area contributed by atoms with Crippen molar-refractivity contribution in [2.24, 2.45) is 5.92 Å². The number of esters is 1. The van der Waals surface area contributed by atoms with Crippen LogP contribution in [0.15, 0.2) is 0 Å². The minimum absolute atomic E-state index is 0.148. The summed E-state index contributed by atoms with van der Waals surface area (Å²) in [5.41, 5.74) is -0.587. The van der Waals surface area contributed by atoms with E-state index >= 15 is 0 Å². The molecule has 0 spiro atoms. The van der Waals surface area contributed by atoms with Crippen molar-refractivity contribution in [2.75, 3.05) is 47.4 Å². The van der Waals surface area contributed by atoms with Crippen molar-refractivity contribution in [3.05, 3.63) is 0 Å². The average molecular weight is 297 g/mol. The number of hydrogen-bond acceptors (Lipinski definition) is 5. The van der Waals surface area contributed by atoms with Gasteiger partial charge in [0, 0.05) is 19.1 Å². The molecule has 122 valence electrons. The molecule has 1 saturated carbocycles. The molecular formula is C16H31N3O2. The lowest BCUT2D eigenvalue weighted by atomic mass is 9.95. The van der Waals surface area contributed by atoms with Gasteiger partial charge in [0.05, 0.1) is 7.11 Å². The Morgan fingerprint density at radius 2 is 1.95 bits per heavy atom. The zero-order valence-electron chi connectivity index (χ0n) is 14.0. The highest BCUT2D eigenvalue weighted by Gasteiger charge is 2.40. The molecule has 1 saturated heterocycles. The zero-order chi connectivity index (χ0) is 15.5. The molecule has 1 N–H and O–H groups in total. The number of piperidine rings is 1. The van der Waals surface area contributed by atoms with E-state index in [9.17, 15) is 4.79 Å². The van der Waals surface area contributed by atoms with Gasteiger partial charge in [-0.25, -0.2) is 0 Å². The smallest absolute Gasteiger partial charge is 0.327 e. The third-order valence-electron chi connectivity index (χ3n) is 4.73. The Bertz CT molecular complexity index is 351. The molecule has 1 heterocycles. The Kier molecular flexibility index (Phi) is 5.63. The van der Waals surface area contributed by atoms with E-state index in [0.717, 1.165) is 12.5 Å². The Morgan fingerprint density at radius 1 is 1.33 bits per heavy atom. The highest BCUT2D eigenvalue weighted by molar-refractivity contribution is 5.80. The Labute approximate surface area is 129 Å². The fraction of sp³-hybridized carbons (Fsp3) is 0.938. The van der Waals surface area contributed by atoms with Crippen LogP contribution in [0.5, 0.6) is 0 Å². The van der Waals surface area contributed by atoms with Crippen LogP contribution in [0.4, 0.5) is 0 Å². The van der Waals surface area contributed by atoms with Crippen molar-refractivity contribution in [3.63, 3.8) is 0 Å². The topological polar surface area (TPSA) is 44.8 Å². The van der Waals surface area contributed by atoms with Crippen molar-refractivity contribution < 1.29 is 9.53 Å². The maximum Gasteiger partial charge on any atom is 0.327 e. The Hall–Kier alpha value is -0.650. The lowest BCUT2D eigenvalue weighted by Crippen LogP contribution is -2.58. The standard InChI is InChI=1S/C16H31N3O2/c1-16(15(20)21-4,17-14-5-6-14)12-19(3)11-13-7-9-18(2)10-8-13/h13-14,17H,5-12H2,1-4H3. The van der Waals surface area contributed by atoms with E-state index in [1.54, 1.807) is 0 Å². The molecule has 21 heavy (non-hydrogen) atoms. The van der Waals surface area contributed by atoms with E-state index in [4.69, 9.17) is 4.74 Å². The van der Waals surface area contributed by atoms with Crippen LogP contribution < -0.4 is 5.32 Å². The molecule has 5 nitrogen and oxygen atoms in total. The maximum atomic E-state index is 12.1. The maximum absolute atomic E-state index is 12.1. The van der Waals surface area contributed by atoms with Crippen molar-refractivity contribution in [3.8, 4) is 0 Å². The van der Waals surface area contributed by atoms with Crippen LogP contribution in [-0.4, -0.2) is 74.7 Å². The first-order valence-electron chi connectivity index (χ1n) is 8.16. The molecule has 0 aromatic heterocycles. The minimum Gasteiger partial charge on any atom is -0.468 e. The number of nitrogens with one attached hydrogen (secondary N) is 1. The van der Waals surface area contributed by atoms with Gasteiger partial charge in [-0.15, -0.1) is 0 Å². The number of likely N-dealkylation sites (N-methyl/N-ethyl adjacent to an activating group) is 1. The highest BCUT2D eigenvalue weighted by atomic mass is 16.5. The summed E-state index contributed by atoms with van der Waals surface area (Å²) in [4.78, 5) is 16.8. The molecule has 1 atom stereocenters. The molecule has 0 radical (unpaired) electrons. The van der Waals surface area contributed by atoms with E-state index in [1.165, 1.54) is 45.9 Å². The monoisotopic (exact) mass is 297 g/mol. The number of carbonyl (C=O) groups is 1. The number of hydrogen-bond donors (Lipinski definition) is 1. The largest absolute Gasteiger partial charge is 0.468 e. The van der Waals surface area contributed by atoms with Crippen molar-refractivity contribution in [1.29, 1.82) is 0 Å². The summed E-state index contributed by atoms with van der Waals surface area (Å²) in [6, 6.07) is 0.492. The normalized spacial score (nSPS) is 24.0. The molecule has 5 heteroatoms. The molecule has 1 aliphatic carbocycles. The van der Waals surface area contributed by atoms with Crippen LogP contribution in [0, 0.1) is 5.92 Å². The van der Waals surface area contributed by atoms with Crippen molar-refractivity contribution in [1.82, 2.24) is 15.1 Å². The first-order valence-corrected chi connectivity index (χ1v) is 8.16. The van der Waals surface area contributed by atoms with Crippen LogP contribution in [0.2, 0.25) is 0 Å². The Balaban J connectivity index is 1.85. The molecule has 2 fully saturated rings. The quantitative estimate of drug-likeness (QED) is 0.709. The molecule has 1 aliphatic heterocycles. The number of nitrogens with zero attached hydrogens (tertiary/aromatic N) is 2. The number of methoxy groups -OCH3 is 1. The number of ether oxygens (including phenoxy) is 1. The molecule has 0 amide bonds. The van der Waals surface area contributed by atoms with Crippen molar-refractivity contribution in [2.45, 2.75) is 44.2 Å². The molecular weight excluding hydrogens is 266 g/mol. The third-order valence-corrected chi connectivity index (χ3v) is 4.73. The first kappa shape index (κ1) is 16.7. The van der Waals surface area contributed by atoms with Gasteiger partial charge in [0.15, 0.2) is 0 Å². The molecule has 0 aromatic carbocycles. The van der Waals surface area contributed by atoms with Gasteiger partial charge < -0.3 is 14.5 Å². The number of rotatable bonds is 7. The van der Waals surface area contributed by atoms with Crippen LogP contribution in [-0.2, 0) is 9.53 Å². The lowest BCUT2D eigenvalue weighted by molar-refractivity contribution is -0.148. The second kappa shape index (κ2) is 7.07. The summed E-state index contributed by atoms with van der Waals surface area (Å²) >= 11 is 0. The second-order valence-corrected chi connectivity index (χ2v) is 7.19. The average Bonchev–Trinajstić information content (AvgIpc) is 3.23. The van der Waals surface area contributed by atoms with Crippen LogP contribution in [0.3, 0.4) is 0 Å². The molecule has 0 bridgehead atoms. The van der Waals surface area contributed by atoms with Gasteiger partial charge in [0.1, 0.15) is 5.54 Å². The third kappa shape index (κ3) is 4.94. The zero-order valence-corrected chi connectivity index (χ0v) is 14.0.